The Kier molecular flexibility index (Phi) is 7.69. The van der Waals surface area contributed by atoms with E-state index in [0.717, 1.165) is 0 Å². The van der Waals surface area contributed by atoms with Gasteiger partial charge in [-0.2, -0.15) is 0 Å². The van der Waals surface area contributed by atoms with E-state index in [1.807, 2.05) is 5.32 Å². The van der Waals surface area contributed by atoms with Crippen LogP contribution in [0.5, 0.6) is 0 Å². The van der Waals surface area contributed by atoms with E-state index in [2.05, 4.69) is 5.32 Å². The molecule has 0 aromatic heterocycles. The molecular formula is C10H19N3O7. The highest BCUT2D eigenvalue weighted by atomic mass is 16.4. The highest BCUT2D eigenvalue weighted by molar-refractivity contribution is 5.92. The van der Waals surface area contributed by atoms with Gasteiger partial charge in [-0.1, -0.05) is 0 Å². The molecule has 10 nitrogen and oxygen atoms in total. The molecule has 0 aliphatic rings. The van der Waals surface area contributed by atoms with Crippen LogP contribution in [0.25, 0.3) is 0 Å². The topological polar surface area (TPSA) is 182 Å². The molecule has 0 aromatic rings. The van der Waals surface area contributed by atoms with Gasteiger partial charge in [0.2, 0.25) is 11.8 Å². The summed E-state index contributed by atoms with van der Waals surface area (Å²) in [5, 5.41) is 39.6. The third-order valence-corrected chi connectivity index (χ3v) is 2.39. The van der Waals surface area contributed by atoms with Crippen LogP contribution in [0.3, 0.4) is 0 Å². The zero-order valence-corrected chi connectivity index (χ0v) is 10.8. The van der Waals surface area contributed by atoms with E-state index in [0.29, 0.717) is 0 Å². The number of carbonyl (C=O) groups is 3. The molecule has 0 aliphatic carbocycles. The lowest BCUT2D eigenvalue weighted by atomic mass is 10.1. The quantitative estimate of drug-likeness (QED) is 0.234. The van der Waals surface area contributed by atoms with Crippen molar-refractivity contribution in [3.63, 3.8) is 0 Å². The lowest BCUT2D eigenvalue weighted by Crippen LogP contribution is -2.59. The highest BCUT2D eigenvalue weighted by Gasteiger charge is 2.30. The number of hydrogen-bond donors (Lipinski definition) is 7. The number of aliphatic hydroxyl groups excluding tert-OH is 3. The van der Waals surface area contributed by atoms with Gasteiger partial charge in [-0.15, -0.1) is 0 Å². The largest absolute Gasteiger partial charge is 0.480 e. The van der Waals surface area contributed by atoms with E-state index < -0.39 is 55.2 Å². The minimum Gasteiger partial charge on any atom is -0.480 e. The smallest absolute Gasteiger partial charge is 0.328 e. The Balaban J connectivity index is 4.79. The predicted molar refractivity (Wildman–Crippen MR) is 65.3 cm³/mol. The van der Waals surface area contributed by atoms with Gasteiger partial charge >= 0.3 is 5.97 Å². The summed E-state index contributed by atoms with van der Waals surface area (Å²) >= 11 is 0. The minimum absolute atomic E-state index is 0.658. The fraction of sp³-hybridized carbons (Fsp3) is 0.700. The first-order valence-electron chi connectivity index (χ1n) is 5.73. The molecule has 20 heavy (non-hydrogen) atoms. The zero-order valence-electron chi connectivity index (χ0n) is 10.8. The summed E-state index contributed by atoms with van der Waals surface area (Å²) in [5.74, 6) is -3.35. The lowest BCUT2D eigenvalue weighted by Gasteiger charge is -2.23. The van der Waals surface area contributed by atoms with Crippen LogP contribution >= 0.6 is 0 Å². The molecule has 0 rings (SSSR count). The second kappa shape index (κ2) is 8.43. The first kappa shape index (κ1) is 18.2. The molecule has 0 saturated heterocycles. The van der Waals surface area contributed by atoms with Crippen LogP contribution < -0.4 is 16.4 Å². The maximum atomic E-state index is 11.7. The molecule has 8 N–H and O–H groups in total. The van der Waals surface area contributed by atoms with Gasteiger partial charge in [0.1, 0.15) is 18.1 Å². The average Bonchev–Trinajstić information content (AvgIpc) is 2.39. The second-order valence-electron chi connectivity index (χ2n) is 4.10. The molecule has 4 unspecified atom stereocenters. The minimum atomic E-state index is -1.56. The van der Waals surface area contributed by atoms with Crippen molar-refractivity contribution in [1.82, 2.24) is 10.6 Å². The van der Waals surface area contributed by atoms with Crippen LogP contribution in [0, 0.1) is 0 Å². The maximum Gasteiger partial charge on any atom is 0.328 e. The van der Waals surface area contributed by atoms with E-state index >= 15 is 0 Å². The Bertz CT molecular complexity index is 361. The molecule has 0 aliphatic heterocycles. The van der Waals surface area contributed by atoms with Crippen molar-refractivity contribution in [1.29, 1.82) is 0 Å². The summed E-state index contributed by atoms with van der Waals surface area (Å²) in [5.41, 5.74) is 5.23. The van der Waals surface area contributed by atoms with E-state index in [1.165, 1.54) is 6.92 Å². The van der Waals surface area contributed by atoms with E-state index in [1.54, 1.807) is 0 Å². The predicted octanol–water partition coefficient (Wildman–Crippen LogP) is -4.27. The van der Waals surface area contributed by atoms with Crippen molar-refractivity contribution in [2.75, 3.05) is 13.2 Å². The number of carboxylic acid groups (broad SMARTS) is 1. The third kappa shape index (κ3) is 5.48. The standard InChI is InChI=1S/C10H19N3O7/c1-4(16)7(13-8(17)5(11)2-14)9(18)12-6(3-15)10(19)20/h4-7,14-16H,2-3,11H2,1H3,(H,12,18)(H,13,17)(H,19,20). The molecular weight excluding hydrogens is 274 g/mol. The molecule has 0 radical (unpaired) electrons. The average molecular weight is 293 g/mol. The van der Waals surface area contributed by atoms with Crippen molar-refractivity contribution >= 4 is 17.8 Å². The van der Waals surface area contributed by atoms with E-state index in [-0.39, 0.29) is 0 Å². The van der Waals surface area contributed by atoms with Gasteiger partial charge in [0.05, 0.1) is 19.3 Å². The van der Waals surface area contributed by atoms with E-state index in [4.69, 9.17) is 21.1 Å². The second-order valence-corrected chi connectivity index (χ2v) is 4.10. The zero-order chi connectivity index (χ0) is 15.9. The van der Waals surface area contributed by atoms with Crippen LogP contribution in [0.15, 0.2) is 0 Å². The third-order valence-electron chi connectivity index (χ3n) is 2.39. The number of nitrogens with two attached hydrogens (primary N) is 1. The molecule has 0 aromatic carbocycles. The highest BCUT2D eigenvalue weighted by Crippen LogP contribution is 1.96. The first-order chi connectivity index (χ1) is 9.24. The summed E-state index contributed by atoms with van der Waals surface area (Å²) in [6, 6.07) is -4.31. The van der Waals surface area contributed by atoms with Crippen LogP contribution in [-0.4, -0.2) is 75.7 Å². The van der Waals surface area contributed by atoms with Gasteiger partial charge < -0.3 is 36.8 Å². The fourth-order valence-corrected chi connectivity index (χ4v) is 1.20. The Morgan fingerprint density at radius 2 is 1.65 bits per heavy atom. The van der Waals surface area contributed by atoms with Gasteiger partial charge in [0.15, 0.2) is 0 Å². The van der Waals surface area contributed by atoms with Crippen molar-refractivity contribution in [2.24, 2.45) is 5.73 Å². The lowest BCUT2D eigenvalue weighted by molar-refractivity contribution is -0.144. The molecule has 2 amide bonds. The number of amides is 2. The summed E-state index contributed by atoms with van der Waals surface area (Å²) in [6.45, 7) is -0.310. The van der Waals surface area contributed by atoms with Crippen LogP contribution in [0.4, 0.5) is 0 Å². The molecule has 116 valence electrons. The Morgan fingerprint density at radius 3 is 2.00 bits per heavy atom. The van der Waals surface area contributed by atoms with Gasteiger partial charge in [-0.3, -0.25) is 9.59 Å². The molecule has 0 saturated carbocycles. The van der Waals surface area contributed by atoms with Crippen molar-refractivity contribution in [2.45, 2.75) is 31.2 Å². The van der Waals surface area contributed by atoms with Gasteiger partial charge in [-0.05, 0) is 6.92 Å². The molecule has 4 atom stereocenters. The van der Waals surface area contributed by atoms with Crippen molar-refractivity contribution in [3.05, 3.63) is 0 Å². The molecule has 10 heteroatoms. The van der Waals surface area contributed by atoms with Gasteiger partial charge in [0, 0.05) is 0 Å². The first-order valence-corrected chi connectivity index (χ1v) is 5.73. The number of aliphatic carboxylic acids is 1. The maximum absolute atomic E-state index is 11.7. The number of aliphatic hydroxyl groups is 3. The molecule has 0 bridgehead atoms. The van der Waals surface area contributed by atoms with Crippen LogP contribution in [0.1, 0.15) is 6.92 Å². The number of nitrogens with one attached hydrogen (secondary N) is 2. The number of carbonyl (C=O) groups excluding carboxylic acids is 2. The summed E-state index contributed by atoms with van der Waals surface area (Å²) in [7, 11) is 0. The van der Waals surface area contributed by atoms with Crippen molar-refractivity contribution in [3.8, 4) is 0 Å². The Labute approximate surface area is 114 Å². The number of rotatable bonds is 8. The van der Waals surface area contributed by atoms with Crippen LogP contribution in [-0.2, 0) is 14.4 Å². The fourth-order valence-electron chi connectivity index (χ4n) is 1.20. The molecule has 0 fully saturated rings. The SMILES string of the molecule is CC(O)C(NC(=O)C(N)CO)C(=O)NC(CO)C(=O)O. The normalized spacial score (nSPS) is 16.6. The monoisotopic (exact) mass is 293 g/mol. The number of hydrogen-bond acceptors (Lipinski definition) is 7. The van der Waals surface area contributed by atoms with Gasteiger partial charge in [-0.25, -0.2) is 4.79 Å². The van der Waals surface area contributed by atoms with Crippen molar-refractivity contribution < 1.29 is 34.8 Å². The number of carboxylic acids is 1. The van der Waals surface area contributed by atoms with E-state index in [9.17, 15) is 19.5 Å². The summed E-state index contributed by atoms with van der Waals surface area (Å²) < 4.78 is 0. The summed E-state index contributed by atoms with van der Waals surface area (Å²) in [4.78, 5) is 33.8. The Hall–Kier alpha value is -1.75. The van der Waals surface area contributed by atoms with Crippen LogP contribution in [0.2, 0.25) is 0 Å². The van der Waals surface area contributed by atoms with Gasteiger partial charge in [0.25, 0.3) is 0 Å². The molecule has 0 spiro atoms. The molecule has 0 heterocycles. The summed E-state index contributed by atoms with van der Waals surface area (Å²) in [6.07, 6.45) is -1.34. The Morgan fingerprint density at radius 1 is 1.10 bits per heavy atom.